The highest BCUT2D eigenvalue weighted by Gasteiger charge is 2.29. The summed E-state index contributed by atoms with van der Waals surface area (Å²) in [7, 11) is 0.940. The fourth-order valence-electron chi connectivity index (χ4n) is 3.41. The summed E-state index contributed by atoms with van der Waals surface area (Å²) in [5.41, 5.74) is 0.873. The monoisotopic (exact) mass is 451 g/mol. The topological polar surface area (TPSA) is 111 Å². The highest BCUT2D eigenvalue weighted by atomic mass is 32.2. The lowest BCUT2D eigenvalue weighted by Crippen LogP contribution is -2.40. The first-order chi connectivity index (χ1) is 14.8. The van der Waals surface area contributed by atoms with Crippen LogP contribution in [0.15, 0.2) is 41.3 Å². The number of nitrogens with zero attached hydrogens (tertiary/aromatic N) is 3. The van der Waals surface area contributed by atoms with Gasteiger partial charge in [0, 0.05) is 32.7 Å². The molecule has 1 saturated heterocycles. The molecule has 0 radical (unpaired) electrons. The summed E-state index contributed by atoms with van der Waals surface area (Å²) in [6, 6.07) is 9.36. The second-order valence-electron chi connectivity index (χ2n) is 6.97. The minimum absolute atomic E-state index is 0.107. The standard InChI is InChI=1S/C20H25N3O7S/c1-21(14-15-4-7-19(28-2)20(12-15)29-3)17-6-5-16(13-18(17)23(24)25)31(26,27)22-8-10-30-11-9-22/h4-7,12-13H,8-11,14H2,1-3H3. The molecule has 0 saturated carbocycles. The minimum atomic E-state index is -3.84. The lowest BCUT2D eigenvalue weighted by Gasteiger charge is -2.26. The van der Waals surface area contributed by atoms with Gasteiger partial charge in [-0.25, -0.2) is 8.42 Å². The summed E-state index contributed by atoms with van der Waals surface area (Å²) in [6.45, 7) is 1.38. The van der Waals surface area contributed by atoms with E-state index in [-0.39, 0.29) is 23.7 Å². The van der Waals surface area contributed by atoms with Crippen LogP contribution in [-0.4, -0.2) is 65.2 Å². The van der Waals surface area contributed by atoms with Gasteiger partial charge in [0.1, 0.15) is 5.69 Å². The largest absolute Gasteiger partial charge is 0.493 e. The summed E-state index contributed by atoms with van der Waals surface area (Å²) in [6.07, 6.45) is 0. The quantitative estimate of drug-likeness (QED) is 0.444. The molecular weight excluding hydrogens is 426 g/mol. The molecule has 0 amide bonds. The number of nitro groups is 1. The van der Waals surface area contributed by atoms with Crippen molar-refractivity contribution in [3.05, 3.63) is 52.1 Å². The summed E-state index contributed by atoms with van der Waals surface area (Å²) < 4.78 is 42.8. The molecule has 0 aromatic heterocycles. The Morgan fingerprint density at radius 2 is 1.77 bits per heavy atom. The number of hydrogen-bond donors (Lipinski definition) is 0. The zero-order chi connectivity index (χ0) is 22.6. The van der Waals surface area contributed by atoms with Crippen LogP contribution in [0.25, 0.3) is 0 Å². The summed E-state index contributed by atoms with van der Waals surface area (Å²) in [4.78, 5) is 12.7. The molecule has 0 aliphatic carbocycles. The first-order valence-electron chi connectivity index (χ1n) is 9.56. The van der Waals surface area contributed by atoms with E-state index >= 15 is 0 Å². The van der Waals surface area contributed by atoms with Crippen molar-refractivity contribution in [1.29, 1.82) is 0 Å². The maximum atomic E-state index is 12.9. The van der Waals surface area contributed by atoms with Gasteiger partial charge in [-0.15, -0.1) is 0 Å². The molecule has 2 aromatic rings. The van der Waals surface area contributed by atoms with Gasteiger partial charge >= 0.3 is 0 Å². The fourth-order valence-corrected chi connectivity index (χ4v) is 4.84. The molecule has 0 bridgehead atoms. The fraction of sp³-hybridized carbons (Fsp3) is 0.400. The maximum absolute atomic E-state index is 12.9. The molecule has 31 heavy (non-hydrogen) atoms. The van der Waals surface area contributed by atoms with Crippen LogP contribution >= 0.6 is 0 Å². The first-order valence-corrected chi connectivity index (χ1v) is 11.0. The van der Waals surface area contributed by atoms with Gasteiger partial charge in [-0.2, -0.15) is 4.31 Å². The molecule has 3 rings (SSSR count). The molecule has 1 aliphatic rings. The minimum Gasteiger partial charge on any atom is -0.493 e. The van der Waals surface area contributed by atoms with Crippen LogP contribution in [0, 0.1) is 10.1 Å². The third kappa shape index (κ3) is 4.89. The van der Waals surface area contributed by atoms with E-state index in [0.29, 0.717) is 36.9 Å². The number of rotatable bonds is 8. The Hall–Kier alpha value is -2.89. The van der Waals surface area contributed by atoms with Gasteiger partial charge in [0.15, 0.2) is 11.5 Å². The predicted octanol–water partition coefficient (Wildman–Crippen LogP) is 2.27. The van der Waals surface area contributed by atoms with Crippen LogP contribution in [0.5, 0.6) is 11.5 Å². The number of anilines is 1. The van der Waals surface area contributed by atoms with Gasteiger partial charge in [0.2, 0.25) is 10.0 Å². The average molecular weight is 452 g/mol. The molecule has 10 nitrogen and oxygen atoms in total. The summed E-state index contributed by atoms with van der Waals surface area (Å²) in [5.74, 6) is 1.13. The lowest BCUT2D eigenvalue weighted by atomic mass is 10.1. The Labute approximate surface area is 181 Å². The molecule has 0 N–H and O–H groups in total. The predicted molar refractivity (Wildman–Crippen MR) is 114 cm³/mol. The number of hydrogen-bond acceptors (Lipinski definition) is 8. The Bertz CT molecular complexity index is 1050. The first kappa shape index (κ1) is 22.8. The summed E-state index contributed by atoms with van der Waals surface area (Å²) in [5, 5.41) is 11.7. The van der Waals surface area contributed by atoms with Crippen molar-refractivity contribution in [2.45, 2.75) is 11.4 Å². The van der Waals surface area contributed by atoms with E-state index in [1.807, 2.05) is 6.07 Å². The van der Waals surface area contributed by atoms with Crippen molar-refractivity contribution in [3.63, 3.8) is 0 Å². The molecule has 0 atom stereocenters. The van der Waals surface area contributed by atoms with Crippen molar-refractivity contribution in [2.75, 3.05) is 52.5 Å². The maximum Gasteiger partial charge on any atom is 0.293 e. The van der Waals surface area contributed by atoms with E-state index in [1.54, 1.807) is 31.2 Å². The molecular formula is C20H25N3O7S. The molecule has 168 valence electrons. The molecule has 0 unspecified atom stereocenters. The van der Waals surface area contributed by atoms with Crippen molar-refractivity contribution < 1.29 is 27.6 Å². The van der Waals surface area contributed by atoms with Crippen molar-refractivity contribution >= 4 is 21.4 Å². The molecule has 2 aromatic carbocycles. The highest BCUT2D eigenvalue weighted by Crippen LogP contribution is 2.33. The van der Waals surface area contributed by atoms with E-state index in [4.69, 9.17) is 14.2 Å². The number of nitro benzene ring substituents is 1. The van der Waals surface area contributed by atoms with Gasteiger partial charge in [-0.3, -0.25) is 10.1 Å². The van der Waals surface area contributed by atoms with E-state index in [2.05, 4.69) is 0 Å². The number of methoxy groups -OCH3 is 2. The molecule has 1 aliphatic heterocycles. The van der Waals surface area contributed by atoms with Gasteiger partial charge in [-0.05, 0) is 29.8 Å². The van der Waals surface area contributed by atoms with Gasteiger partial charge in [0.25, 0.3) is 5.69 Å². The van der Waals surface area contributed by atoms with Gasteiger partial charge < -0.3 is 19.1 Å². The molecule has 1 fully saturated rings. The summed E-state index contributed by atoms with van der Waals surface area (Å²) >= 11 is 0. The smallest absolute Gasteiger partial charge is 0.293 e. The Morgan fingerprint density at radius 1 is 1.10 bits per heavy atom. The van der Waals surface area contributed by atoms with Crippen molar-refractivity contribution in [3.8, 4) is 11.5 Å². The van der Waals surface area contributed by atoms with Gasteiger partial charge in [-0.1, -0.05) is 6.07 Å². The lowest BCUT2D eigenvalue weighted by molar-refractivity contribution is -0.384. The van der Waals surface area contributed by atoms with Crippen LogP contribution in [0.3, 0.4) is 0 Å². The van der Waals surface area contributed by atoms with E-state index in [0.717, 1.165) is 11.6 Å². The van der Waals surface area contributed by atoms with E-state index in [1.165, 1.54) is 23.5 Å². The number of ether oxygens (including phenoxy) is 3. The van der Waals surface area contributed by atoms with Crippen LogP contribution in [0.1, 0.15) is 5.56 Å². The van der Waals surface area contributed by atoms with Crippen LogP contribution in [-0.2, 0) is 21.3 Å². The normalized spacial score (nSPS) is 14.8. The number of morpholine rings is 1. The van der Waals surface area contributed by atoms with Gasteiger partial charge in [0.05, 0.1) is 37.3 Å². The van der Waals surface area contributed by atoms with Crippen LogP contribution < -0.4 is 14.4 Å². The third-order valence-electron chi connectivity index (χ3n) is 5.03. The molecule has 1 heterocycles. The second-order valence-corrected chi connectivity index (χ2v) is 8.91. The Balaban J connectivity index is 1.90. The zero-order valence-corrected chi connectivity index (χ0v) is 18.4. The van der Waals surface area contributed by atoms with Crippen LogP contribution in [0.4, 0.5) is 11.4 Å². The molecule has 11 heteroatoms. The second kappa shape index (κ2) is 9.50. The van der Waals surface area contributed by atoms with E-state index in [9.17, 15) is 18.5 Å². The number of benzene rings is 2. The number of sulfonamides is 1. The van der Waals surface area contributed by atoms with Crippen molar-refractivity contribution in [2.24, 2.45) is 0 Å². The zero-order valence-electron chi connectivity index (χ0n) is 17.6. The third-order valence-corrected chi connectivity index (χ3v) is 6.92. The van der Waals surface area contributed by atoms with E-state index < -0.39 is 14.9 Å². The SMILES string of the molecule is COc1ccc(CN(C)c2ccc(S(=O)(=O)N3CCOCC3)cc2[N+](=O)[O-])cc1OC. The Kier molecular flexibility index (Phi) is 6.98. The molecule has 0 spiro atoms. The Morgan fingerprint density at radius 3 is 2.39 bits per heavy atom. The van der Waals surface area contributed by atoms with Crippen molar-refractivity contribution in [1.82, 2.24) is 4.31 Å². The average Bonchev–Trinajstić information content (AvgIpc) is 2.79. The van der Waals surface area contributed by atoms with Crippen LogP contribution in [0.2, 0.25) is 0 Å². The highest BCUT2D eigenvalue weighted by molar-refractivity contribution is 7.89.